The summed E-state index contributed by atoms with van der Waals surface area (Å²) in [5, 5.41) is 1.87. The molecule has 0 saturated carbocycles. The summed E-state index contributed by atoms with van der Waals surface area (Å²) in [5.41, 5.74) is -1.44. The van der Waals surface area contributed by atoms with Crippen LogP contribution >= 0.6 is 0 Å². The third-order valence-corrected chi connectivity index (χ3v) is 5.27. The summed E-state index contributed by atoms with van der Waals surface area (Å²) in [6.45, 7) is 0.826. The quantitative estimate of drug-likeness (QED) is 0.819. The van der Waals surface area contributed by atoms with Gasteiger partial charge in [-0.3, -0.25) is 4.79 Å². The third kappa shape index (κ3) is 4.41. The maximum atomic E-state index is 13.0. The predicted molar refractivity (Wildman–Crippen MR) is 87.7 cm³/mol. The fourth-order valence-corrected chi connectivity index (χ4v) is 3.58. The number of nitrogens with zero attached hydrogens (tertiary/aromatic N) is 3. The SMILES string of the molecule is CCN(CC(=O)Nc1ccccc1C(F)(F)F)S(=O)(=O)c1cn(C)cn1. The standard InChI is InChI=1S/C15H17F3N4O3S/c1-3-22(26(24,25)14-9-21(2)10-19-14)8-13(23)20-12-7-5-4-6-11(12)15(16,17)18/h4-7,9-10H,3,8H2,1-2H3,(H,20,23). The van der Waals surface area contributed by atoms with E-state index in [0.29, 0.717) is 0 Å². The molecule has 1 amide bonds. The lowest BCUT2D eigenvalue weighted by molar-refractivity contribution is -0.137. The van der Waals surface area contributed by atoms with Gasteiger partial charge in [-0.25, -0.2) is 13.4 Å². The van der Waals surface area contributed by atoms with Gasteiger partial charge in [0, 0.05) is 19.8 Å². The van der Waals surface area contributed by atoms with E-state index in [9.17, 15) is 26.4 Å². The minimum atomic E-state index is -4.64. The smallest absolute Gasteiger partial charge is 0.339 e. The molecule has 0 aliphatic rings. The van der Waals surface area contributed by atoms with Crippen molar-refractivity contribution in [1.29, 1.82) is 0 Å². The molecule has 0 saturated heterocycles. The number of aryl methyl sites for hydroxylation is 1. The highest BCUT2D eigenvalue weighted by molar-refractivity contribution is 7.89. The fourth-order valence-electron chi connectivity index (χ4n) is 2.21. The van der Waals surface area contributed by atoms with Crippen molar-refractivity contribution in [3.8, 4) is 0 Å². The molecule has 2 rings (SSSR count). The number of aromatic nitrogens is 2. The highest BCUT2D eigenvalue weighted by atomic mass is 32.2. The van der Waals surface area contributed by atoms with Crippen LogP contribution in [0.5, 0.6) is 0 Å². The van der Waals surface area contributed by atoms with Crippen LogP contribution in [0.4, 0.5) is 18.9 Å². The first-order valence-corrected chi connectivity index (χ1v) is 8.94. The molecule has 0 bridgehead atoms. The molecule has 1 aromatic carbocycles. The van der Waals surface area contributed by atoms with Crippen molar-refractivity contribution in [2.75, 3.05) is 18.4 Å². The van der Waals surface area contributed by atoms with Crippen LogP contribution in [-0.4, -0.2) is 41.3 Å². The molecule has 0 atom stereocenters. The average Bonchev–Trinajstić information content (AvgIpc) is 2.99. The summed E-state index contributed by atoms with van der Waals surface area (Å²) >= 11 is 0. The summed E-state index contributed by atoms with van der Waals surface area (Å²) in [7, 11) is -2.45. The molecule has 0 aliphatic heterocycles. The monoisotopic (exact) mass is 390 g/mol. The van der Waals surface area contributed by atoms with Crippen LogP contribution in [0.15, 0.2) is 41.8 Å². The summed E-state index contributed by atoms with van der Waals surface area (Å²) < 4.78 is 66.1. The molecule has 2 aromatic rings. The van der Waals surface area contributed by atoms with Gasteiger partial charge in [0.25, 0.3) is 10.0 Å². The number of likely N-dealkylation sites (N-methyl/N-ethyl adjacent to an activating group) is 1. The van der Waals surface area contributed by atoms with Crippen LogP contribution in [0.25, 0.3) is 0 Å². The van der Waals surface area contributed by atoms with E-state index in [1.807, 2.05) is 0 Å². The molecule has 0 fully saturated rings. The average molecular weight is 390 g/mol. The van der Waals surface area contributed by atoms with Crippen LogP contribution < -0.4 is 5.32 Å². The number of hydrogen-bond donors (Lipinski definition) is 1. The van der Waals surface area contributed by atoms with E-state index < -0.39 is 39.9 Å². The van der Waals surface area contributed by atoms with Crippen molar-refractivity contribution in [2.24, 2.45) is 7.05 Å². The van der Waals surface area contributed by atoms with E-state index in [4.69, 9.17) is 0 Å². The van der Waals surface area contributed by atoms with E-state index in [-0.39, 0.29) is 11.6 Å². The molecule has 1 heterocycles. The Morgan fingerprint density at radius 3 is 2.50 bits per heavy atom. The zero-order valence-corrected chi connectivity index (χ0v) is 14.8. The summed E-state index contributed by atoms with van der Waals surface area (Å²) in [6.07, 6.45) is -2.08. The maximum Gasteiger partial charge on any atom is 0.418 e. The van der Waals surface area contributed by atoms with Gasteiger partial charge in [-0.2, -0.15) is 17.5 Å². The van der Waals surface area contributed by atoms with Crippen LogP contribution in [0.2, 0.25) is 0 Å². The lowest BCUT2D eigenvalue weighted by atomic mass is 10.1. The van der Waals surface area contributed by atoms with Crippen molar-refractivity contribution >= 4 is 21.6 Å². The topological polar surface area (TPSA) is 84.3 Å². The third-order valence-electron chi connectivity index (χ3n) is 3.46. The molecule has 7 nitrogen and oxygen atoms in total. The van der Waals surface area contributed by atoms with Crippen molar-refractivity contribution in [1.82, 2.24) is 13.9 Å². The van der Waals surface area contributed by atoms with Gasteiger partial charge in [0.15, 0.2) is 5.03 Å². The Morgan fingerprint density at radius 1 is 1.31 bits per heavy atom. The highest BCUT2D eigenvalue weighted by Crippen LogP contribution is 2.34. The number of amides is 1. The van der Waals surface area contributed by atoms with Gasteiger partial charge in [0.05, 0.1) is 24.1 Å². The fraction of sp³-hybridized carbons (Fsp3) is 0.333. The van der Waals surface area contributed by atoms with E-state index in [0.717, 1.165) is 16.4 Å². The predicted octanol–water partition coefficient (Wildman–Crippen LogP) is 2.09. The van der Waals surface area contributed by atoms with Gasteiger partial charge >= 0.3 is 6.18 Å². The molecule has 0 aliphatic carbocycles. The first-order valence-electron chi connectivity index (χ1n) is 7.50. The normalized spacial score (nSPS) is 12.4. The molecule has 142 valence electrons. The number of imidazole rings is 1. The van der Waals surface area contributed by atoms with Crippen molar-refractivity contribution < 1.29 is 26.4 Å². The van der Waals surface area contributed by atoms with Gasteiger partial charge in [-0.05, 0) is 12.1 Å². The molecule has 1 N–H and O–H groups in total. The number of halogens is 3. The molecule has 0 radical (unpaired) electrons. The van der Waals surface area contributed by atoms with Crippen LogP contribution in [0, 0.1) is 0 Å². The molecule has 0 spiro atoms. The summed E-state index contributed by atoms with van der Waals surface area (Å²) in [4.78, 5) is 15.9. The second-order valence-corrected chi connectivity index (χ2v) is 7.28. The number of para-hydroxylation sites is 1. The summed E-state index contributed by atoms with van der Waals surface area (Å²) in [6, 6.07) is 4.47. The Balaban J connectivity index is 2.19. The first kappa shape index (κ1) is 19.9. The van der Waals surface area contributed by atoms with Crippen LogP contribution in [0.3, 0.4) is 0 Å². The van der Waals surface area contributed by atoms with Gasteiger partial charge < -0.3 is 9.88 Å². The number of carbonyl (C=O) groups is 1. The Morgan fingerprint density at radius 2 is 1.96 bits per heavy atom. The largest absolute Gasteiger partial charge is 0.418 e. The number of rotatable bonds is 6. The number of alkyl halides is 3. The van der Waals surface area contributed by atoms with Gasteiger partial charge in [0.2, 0.25) is 5.91 Å². The number of nitrogens with one attached hydrogen (secondary N) is 1. The minimum Gasteiger partial charge on any atom is -0.339 e. The number of sulfonamides is 1. The molecular weight excluding hydrogens is 373 g/mol. The van der Waals surface area contributed by atoms with E-state index >= 15 is 0 Å². The van der Waals surface area contributed by atoms with Crippen LogP contribution in [-0.2, 0) is 28.0 Å². The molecule has 1 aromatic heterocycles. The number of carbonyl (C=O) groups excluding carboxylic acids is 1. The van der Waals surface area contributed by atoms with Crippen molar-refractivity contribution in [2.45, 2.75) is 18.1 Å². The first-order chi connectivity index (χ1) is 12.1. The Labute approximate surface area is 148 Å². The number of benzene rings is 1. The highest BCUT2D eigenvalue weighted by Gasteiger charge is 2.34. The maximum absolute atomic E-state index is 13.0. The second-order valence-electron chi connectivity index (χ2n) is 5.40. The molecule has 0 unspecified atom stereocenters. The zero-order valence-electron chi connectivity index (χ0n) is 14.0. The van der Waals surface area contributed by atoms with Gasteiger partial charge in [-0.15, -0.1) is 0 Å². The molecule has 11 heteroatoms. The lowest BCUT2D eigenvalue weighted by Crippen LogP contribution is -2.38. The zero-order chi connectivity index (χ0) is 19.5. The Hall–Kier alpha value is -2.40. The Bertz CT molecular complexity index is 894. The molecule has 26 heavy (non-hydrogen) atoms. The van der Waals surface area contributed by atoms with E-state index in [2.05, 4.69) is 10.3 Å². The van der Waals surface area contributed by atoms with E-state index in [1.54, 1.807) is 7.05 Å². The minimum absolute atomic E-state index is 0.0484. The number of hydrogen-bond acceptors (Lipinski definition) is 4. The second kappa shape index (κ2) is 7.46. The number of anilines is 1. The lowest BCUT2D eigenvalue weighted by Gasteiger charge is -2.19. The van der Waals surface area contributed by atoms with Crippen molar-refractivity contribution in [3.05, 3.63) is 42.4 Å². The van der Waals surface area contributed by atoms with Gasteiger partial charge in [-0.1, -0.05) is 19.1 Å². The van der Waals surface area contributed by atoms with Crippen molar-refractivity contribution in [3.63, 3.8) is 0 Å². The summed E-state index contributed by atoms with van der Waals surface area (Å²) in [5.74, 6) is -0.886. The Kier molecular flexibility index (Phi) is 5.71. The van der Waals surface area contributed by atoms with Gasteiger partial charge in [0.1, 0.15) is 0 Å². The van der Waals surface area contributed by atoms with Crippen LogP contribution in [0.1, 0.15) is 12.5 Å². The van der Waals surface area contributed by atoms with E-state index in [1.165, 1.54) is 36.1 Å². The molecular formula is C15H17F3N4O3S.